The topological polar surface area (TPSA) is 25.8 Å². The average molecular weight is 717 g/mol. The van der Waals surface area contributed by atoms with Gasteiger partial charge in [-0.05, 0) is 90.0 Å². The van der Waals surface area contributed by atoms with Crippen molar-refractivity contribution in [2.75, 3.05) is 0 Å². The number of aromatic nitrogens is 2. The van der Waals surface area contributed by atoms with Crippen LogP contribution in [0.2, 0.25) is 0 Å². The van der Waals surface area contributed by atoms with Gasteiger partial charge in [-0.25, -0.2) is 9.97 Å². The van der Waals surface area contributed by atoms with Crippen molar-refractivity contribution in [1.29, 1.82) is 0 Å². The van der Waals surface area contributed by atoms with Crippen molar-refractivity contribution in [3.63, 3.8) is 0 Å². The van der Waals surface area contributed by atoms with Crippen LogP contribution in [0.3, 0.4) is 0 Å². The van der Waals surface area contributed by atoms with Gasteiger partial charge >= 0.3 is 0 Å². The summed E-state index contributed by atoms with van der Waals surface area (Å²) >= 11 is 1.74. The van der Waals surface area contributed by atoms with Crippen molar-refractivity contribution in [2.24, 2.45) is 0 Å². The average Bonchev–Trinajstić information content (AvgIpc) is 3.65. The molecule has 11 aromatic rings. The van der Waals surface area contributed by atoms with Gasteiger partial charge in [0.15, 0.2) is 5.82 Å². The Morgan fingerprint density at radius 1 is 0.291 bits per heavy atom. The van der Waals surface area contributed by atoms with E-state index in [2.05, 4.69) is 194 Å². The molecule has 2 nitrogen and oxygen atoms in total. The molecule has 0 aliphatic carbocycles. The Kier molecular flexibility index (Phi) is 7.39. The van der Waals surface area contributed by atoms with Crippen LogP contribution in [0.25, 0.3) is 109 Å². The molecule has 11 rings (SSSR count). The first-order valence-electron chi connectivity index (χ1n) is 18.6. The first kappa shape index (κ1) is 31.6. The lowest BCUT2D eigenvalue weighted by atomic mass is 9.92. The summed E-state index contributed by atoms with van der Waals surface area (Å²) in [6, 6.07) is 69.8. The van der Waals surface area contributed by atoms with Crippen LogP contribution in [-0.4, -0.2) is 9.97 Å². The molecule has 0 aliphatic heterocycles. The molecule has 9 aromatic carbocycles. The van der Waals surface area contributed by atoms with Gasteiger partial charge in [-0.3, -0.25) is 0 Å². The summed E-state index contributed by atoms with van der Waals surface area (Å²) < 4.78 is 1.20. The quantitative estimate of drug-likeness (QED) is 0.166. The van der Waals surface area contributed by atoms with E-state index in [0.29, 0.717) is 0 Å². The predicted molar refractivity (Wildman–Crippen MR) is 235 cm³/mol. The maximum Gasteiger partial charge on any atom is 0.161 e. The summed E-state index contributed by atoms with van der Waals surface area (Å²) in [7, 11) is 0. The lowest BCUT2D eigenvalue weighted by molar-refractivity contribution is 1.24. The second-order valence-corrected chi connectivity index (χ2v) is 15.2. The van der Waals surface area contributed by atoms with Crippen molar-refractivity contribution in [1.82, 2.24) is 9.97 Å². The van der Waals surface area contributed by atoms with Gasteiger partial charge in [0.1, 0.15) is 4.83 Å². The molecular formula is C52H32N2S. The third kappa shape index (κ3) is 5.40. The third-order valence-electron chi connectivity index (χ3n) is 10.9. The smallest absolute Gasteiger partial charge is 0.161 e. The second-order valence-electron chi connectivity index (χ2n) is 14.1. The molecule has 0 N–H and O–H groups in total. The van der Waals surface area contributed by atoms with Crippen molar-refractivity contribution >= 4 is 64.0 Å². The van der Waals surface area contributed by atoms with Gasteiger partial charge in [-0.2, -0.15) is 0 Å². The number of fused-ring (bicyclic) bond motifs is 9. The van der Waals surface area contributed by atoms with Crippen LogP contribution in [0.1, 0.15) is 0 Å². The Labute approximate surface area is 322 Å². The molecule has 0 spiro atoms. The van der Waals surface area contributed by atoms with Gasteiger partial charge in [0.05, 0.1) is 5.69 Å². The maximum absolute atomic E-state index is 5.42. The lowest BCUT2D eigenvalue weighted by Crippen LogP contribution is -1.94. The summed E-state index contributed by atoms with van der Waals surface area (Å²) in [6.45, 7) is 0. The van der Waals surface area contributed by atoms with Crippen LogP contribution < -0.4 is 0 Å². The van der Waals surface area contributed by atoms with E-state index in [9.17, 15) is 0 Å². The zero-order valence-electron chi connectivity index (χ0n) is 29.8. The molecule has 0 radical (unpaired) electrons. The molecule has 2 aromatic heterocycles. The van der Waals surface area contributed by atoms with Crippen LogP contribution in [0.5, 0.6) is 0 Å². The lowest BCUT2D eigenvalue weighted by Gasteiger charge is -2.13. The minimum absolute atomic E-state index is 0.726. The fraction of sp³-hybridized carbons (Fsp3) is 0. The van der Waals surface area contributed by atoms with E-state index in [1.807, 2.05) is 0 Å². The van der Waals surface area contributed by atoms with Crippen LogP contribution in [-0.2, 0) is 0 Å². The van der Waals surface area contributed by atoms with Crippen molar-refractivity contribution in [2.45, 2.75) is 0 Å². The molecule has 55 heavy (non-hydrogen) atoms. The SMILES string of the molecule is c1ccc(-c2ccc(-c3nc(-c4cccc(-c5ccc6c7ccccc7c7ccccc7c6c5)c4)nc4sc5ccc(-c6ccccc6)cc5c34)cc2)cc1. The van der Waals surface area contributed by atoms with Crippen LogP contribution >= 0.6 is 11.3 Å². The molecule has 0 saturated carbocycles. The molecular weight excluding hydrogens is 685 g/mol. The van der Waals surface area contributed by atoms with E-state index in [1.165, 1.54) is 70.2 Å². The number of rotatable bonds is 5. The Morgan fingerprint density at radius 3 is 1.44 bits per heavy atom. The second kappa shape index (κ2) is 12.9. The summed E-state index contributed by atoms with van der Waals surface area (Å²) in [6.07, 6.45) is 0. The first-order chi connectivity index (χ1) is 27.2. The molecule has 3 heteroatoms. The van der Waals surface area contributed by atoms with Gasteiger partial charge in [-0.1, -0.05) is 170 Å². The number of thiophene rings is 1. The first-order valence-corrected chi connectivity index (χ1v) is 19.5. The molecule has 0 fully saturated rings. The van der Waals surface area contributed by atoms with E-state index in [4.69, 9.17) is 9.97 Å². The molecule has 0 unspecified atom stereocenters. The third-order valence-corrected chi connectivity index (χ3v) is 12.0. The van der Waals surface area contributed by atoms with Gasteiger partial charge in [0.25, 0.3) is 0 Å². The molecule has 256 valence electrons. The largest absolute Gasteiger partial charge is 0.227 e. The highest BCUT2D eigenvalue weighted by Gasteiger charge is 2.18. The number of hydrogen-bond acceptors (Lipinski definition) is 3. The Morgan fingerprint density at radius 2 is 0.745 bits per heavy atom. The minimum Gasteiger partial charge on any atom is -0.227 e. The van der Waals surface area contributed by atoms with E-state index in [1.54, 1.807) is 11.3 Å². The van der Waals surface area contributed by atoms with Gasteiger partial charge in [0, 0.05) is 26.6 Å². The molecule has 0 atom stereocenters. The Hall–Kier alpha value is -6.94. The fourth-order valence-corrected chi connectivity index (χ4v) is 9.26. The Balaban J connectivity index is 1.08. The van der Waals surface area contributed by atoms with E-state index >= 15 is 0 Å². The van der Waals surface area contributed by atoms with E-state index in [0.717, 1.165) is 38.4 Å². The predicted octanol–water partition coefficient (Wildman–Crippen LogP) is 14.6. The summed E-state index contributed by atoms with van der Waals surface area (Å²) in [4.78, 5) is 11.7. The Bertz CT molecular complexity index is 3200. The number of benzene rings is 9. The van der Waals surface area contributed by atoms with Gasteiger partial charge < -0.3 is 0 Å². The molecule has 2 heterocycles. The maximum atomic E-state index is 5.42. The van der Waals surface area contributed by atoms with Crippen molar-refractivity contribution in [3.05, 3.63) is 194 Å². The van der Waals surface area contributed by atoms with E-state index < -0.39 is 0 Å². The van der Waals surface area contributed by atoms with E-state index in [-0.39, 0.29) is 0 Å². The molecule has 0 saturated heterocycles. The summed E-state index contributed by atoms with van der Waals surface area (Å²) in [5, 5.41) is 9.92. The molecule has 0 amide bonds. The van der Waals surface area contributed by atoms with Crippen molar-refractivity contribution in [3.8, 4) is 56.0 Å². The number of nitrogens with zero attached hydrogens (tertiary/aromatic N) is 2. The zero-order chi connectivity index (χ0) is 36.3. The van der Waals surface area contributed by atoms with Crippen molar-refractivity contribution < 1.29 is 0 Å². The van der Waals surface area contributed by atoms with Gasteiger partial charge in [0.2, 0.25) is 0 Å². The standard InChI is InChI=1S/C52H32N2S/c1-3-12-33(13-4-1)35-22-24-36(25-23-35)50-49-47-32-38(34-14-5-2-6-15-34)27-29-48(47)55-52(49)54-51(53-50)40-17-11-16-37(30-40)39-26-28-45-43-20-8-7-18-41(43)42-19-9-10-21-44(42)46(45)31-39/h1-32H. The number of hydrogen-bond donors (Lipinski definition) is 0. The highest BCUT2D eigenvalue weighted by atomic mass is 32.1. The fourth-order valence-electron chi connectivity index (χ4n) is 8.20. The highest BCUT2D eigenvalue weighted by Crippen LogP contribution is 2.42. The highest BCUT2D eigenvalue weighted by molar-refractivity contribution is 7.25. The zero-order valence-corrected chi connectivity index (χ0v) is 30.6. The summed E-state index contributed by atoms with van der Waals surface area (Å²) in [5.41, 5.74) is 10.1. The summed E-state index contributed by atoms with van der Waals surface area (Å²) in [5.74, 6) is 0.726. The van der Waals surface area contributed by atoms with Crippen LogP contribution in [0.15, 0.2) is 194 Å². The minimum atomic E-state index is 0.726. The van der Waals surface area contributed by atoms with Crippen LogP contribution in [0.4, 0.5) is 0 Å². The molecule has 0 bridgehead atoms. The van der Waals surface area contributed by atoms with Gasteiger partial charge in [-0.15, -0.1) is 11.3 Å². The molecule has 0 aliphatic rings. The normalized spacial score (nSPS) is 11.6. The monoisotopic (exact) mass is 716 g/mol. The van der Waals surface area contributed by atoms with Crippen LogP contribution in [0, 0.1) is 0 Å².